The van der Waals surface area contributed by atoms with Gasteiger partial charge in [-0.25, -0.2) is 9.59 Å². The van der Waals surface area contributed by atoms with Crippen molar-refractivity contribution in [2.45, 2.75) is 45.2 Å². The lowest BCUT2D eigenvalue weighted by Gasteiger charge is -2.21. The van der Waals surface area contributed by atoms with E-state index in [4.69, 9.17) is 20.9 Å². The van der Waals surface area contributed by atoms with Crippen molar-refractivity contribution in [2.75, 3.05) is 13.2 Å². The molecule has 0 aliphatic carbocycles. The quantitative estimate of drug-likeness (QED) is 0.0876. The van der Waals surface area contributed by atoms with Gasteiger partial charge >= 0.3 is 11.9 Å². The zero-order valence-electron chi connectivity index (χ0n) is 23.5. The molecule has 0 saturated heterocycles. The molecule has 4 N–H and O–H groups in total. The van der Waals surface area contributed by atoms with Crippen LogP contribution in [0.5, 0.6) is 0 Å². The fourth-order valence-electron chi connectivity index (χ4n) is 4.26. The summed E-state index contributed by atoms with van der Waals surface area (Å²) in [5.74, 6) is -2.26. The Hall–Kier alpha value is -3.62. The summed E-state index contributed by atoms with van der Waals surface area (Å²) in [5, 5.41) is 22.4. The van der Waals surface area contributed by atoms with Crippen LogP contribution < -0.4 is 11.5 Å². The maximum Gasteiger partial charge on any atom is 0.417 e. The van der Waals surface area contributed by atoms with Crippen LogP contribution in [0.4, 0.5) is 0 Å². The molecule has 12 heteroatoms. The van der Waals surface area contributed by atoms with E-state index in [1.807, 2.05) is 83.6 Å². The summed E-state index contributed by atoms with van der Waals surface area (Å²) in [5.41, 5.74) is 14.7. The first-order valence-electron chi connectivity index (χ1n) is 13.6. The summed E-state index contributed by atoms with van der Waals surface area (Å²) in [4.78, 5) is 27.8. The Labute approximate surface area is 273 Å². The predicted octanol–water partition coefficient (Wildman–Crippen LogP) is 6.44. The van der Waals surface area contributed by atoms with E-state index in [9.17, 15) is 20.1 Å². The number of carbonyl (C=O) groups is 2. The Morgan fingerprint density at radius 2 is 1.07 bits per heavy atom. The fraction of sp³-hybridized carbons (Fsp3) is 0.250. The van der Waals surface area contributed by atoms with E-state index in [1.54, 1.807) is 0 Å². The van der Waals surface area contributed by atoms with Crippen molar-refractivity contribution < 1.29 is 19.1 Å². The van der Waals surface area contributed by atoms with Crippen LogP contribution in [0.15, 0.2) is 93.3 Å². The van der Waals surface area contributed by atoms with E-state index >= 15 is 0 Å². The average molecular weight is 663 g/mol. The number of thiophene rings is 2. The van der Waals surface area contributed by atoms with Gasteiger partial charge in [0, 0.05) is 32.4 Å². The molecule has 226 valence electrons. The largest absolute Gasteiger partial charge is 0.456 e. The second-order valence-electron chi connectivity index (χ2n) is 9.67. The van der Waals surface area contributed by atoms with Crippen molar-refractivity contribution in [3.63, 3.8) is 0 Å². The minimum Gasteiger partial charge on any atom is -0.456 e. The number of nitriles is 2. The normalized spacial score (nSPS) is 13.5. The zero-order chi connectivity index (χ0) is 31.3. The molecule has 0 saturated carbocycles. The van der Waals surface area contributed by atoms with Gasteiger partial charge in [0.2, 0.25) is 0 Å². The number of rotatable bonds is 14. The van der Waals surface area contributed by atoms with Crippen molar-refractivity contribution in [3.8, 4) is 12.1 Å². The SMILES string of the molecule is N#Cc1sccc1S[C@H](C[C@H](N)COC(=O)C(=O)OC[C@@H](N)C[C@@H](Sc1ccsc1C#N)c1ccccc1)c1ccccc1. The molecule has 0 fully saturated rings. The molecule has 0 bridgehead atoms. The molecule has 0 unspecified atom stereocenters. The van der Waals surface area contributed by atoms with E-state index in [2.05, 4.69) is 12.1 Å². The highest BCUT2D eigenvalue weighted by atomic mass is 32.2. The van der Waals surface area contributed by atoms with Crippen LogP contribution in [-0.2, 0) is 19.1 Å². The van der Waals surface area contributed by atoms with Crippen LogP contribution >= 0.6 is 46.2 Å². The lowest BCUT2D eigenvalue weighted by Crippen LogP contribution is -2.34. The minimum absolute atomic E-state index is 0.0923. The first kappa shape index (κ1) is 33.3. The number of hydrogen-bond donors (Lipinski definition) is 2. The number of esters is 2. The number of nitrogens with zero attached hydrogens (tertiary/aromatic N) is 2. The third-order valence-corrected chi connectivity index (χ3v) is 11.0. The van der Waals surface area contributed by atoms with Gasteiger partial charge in [-0.05, 0) is 46.9 Å². The summed E-state index contributed by atoms with van der Waals surface area (Å²) in [6.45, 7) is -0.347. The Morgan fingerprint density at radius 3 is 1.43 bits per heavy atom. The van der Waals surface area contributed by atoms with Gasteiger partial charge in [0.25, 0.3) is 0 Å². The Morgan fingerprint density at radius 1 is 0.682 bits per heavy atom. The highest BCUT2D eigenvalue weighted by Gasteiger charge is 2.25. The number of ether oxygens (including phenoxy) is 2. The first-order valence-corrected chi connectivity index (χ1v) is 17.1. The third-order valence-electron chi connectivity index (χ3n) is 6.40. The molecule has 0 spiro atoms. The van der Waals surface area contributed by atoms with Gasteiger partial charge in [0.15, 0.2) is 0 Å². The number of carbonyl (C=O) groups excluding carboxylic acids is 2. The Bertz CT molecular complexity index is 1480. The van der Waals surface area contributed by atoms with Gasteiger partial charge in [-0.1, -0.05) is 60.7 Å². The number of benzene rings is 2. The average Bonchev–Trinajstić information content (AvgIpc) is 3.71. The number of nitrogens with two attached hydrogens (primary N) is 2. The summed E-state index contributed by atoms with van der Waals surface area (Å²) in [6, 6.07) is 26.6. The topological polar surface area (TPSA) is 152 Å². The van der Waals surface area contributed by atoms with E-state index in [-0.39, 0.29) is 23.7 Å². The van der Waals surface area contributed by atoms with Gasteiger partial charge in [0.05, 0.1) is 0 Å². The Balaban J connectivity index is 1.27. The maximum absolute atomic E-state index is 12.4. The van der Waals surface area contributed by atoms with Crippen LogP contribution in [-0.4, -0.2) is 37.2 Å². The molecular formula is C32H30N4O4S4. The van der Waals surface area contributed by atoms with Crippen molar-refractivity contribution >= 4 is 58.1 Å². The van der Waals surface area contributed by atoms with E-state index in [1.165, 1.54) is 46.2 Å². The molecule has 0 aliphatic heterocycles. The van der Waals surface area contributed by atoms with Gasteiger partial charge in [-0.15, -0.1) is 46.2 Å². The summed E-state index contributed by atoms with van der Waals surface area (Å²) in [7, 11) is 0. The minimum atomic E-state index is -1.13. The summed E-state index contributed by atoms with van der Waals surface area (Å²) < 4.78 is 10.4. The van der Waals surface area contributed by atoms with Crippen molar-refractivity contribution in [2.24, 2.45) is 11.5 Å². The lowest BCUT2D eigenvalue weighted by molar-refractivity contribution is -0.168. The van der Waals surface area contributed by atoms with Crippen molar-refractivity contribution in [1.82, 2.24) is 0 Å². The highest BCUT2D eigenvalue weighted by molar-refractivity contribution is 8.00. The number of hydrogen-bond acceptors (Lipinski definition) is 12. The van der Waals surface area contributed by atoms with Gasteiger partial charge in [-0.3, -0.25) is 0 Å². The van der Waals surface area contributed by atoms with E-state index in [0.29, 0.717) is 22.6 Å². The molecule has 8 nitrogen and oxygen atoms in total. The molecule has 0 aliphatic rings. The molecule has 0 radical (unpaired) electrons. The second-order valence-corrected chi connectivity index (χ2v) is 14.0. The molecule has 2 aromatic carbocycles. The van der Waals surface area contributed by atoms with Crippen LogP contribution in [0, 0.1) is 22.7 Å². The standard InChI is InChI=1S/C32H30N4O4S4/c33-17-29-25(11-13-41-29)43-27(21-7-3-1-4-8-21)15-23(35)19-39-31(37)32(38)40-20-24(36)16-28(22-9-5-2-6-10-22)44-26-12-14-42-30(26)18-34/h1-14,23-24,27-28H,15-16,19-20,35-36H2/t23-,24-,27+,28+/m0/s1. The summed E-state index contributed by atoms with van der Waals surface area (Å²) >= 11 is 5.82. The molecule has 4 atom stereocenters. The molecule has 44 heavy (non-hydrogen) atoms. The first-order chi connectivity index (χ1) is 21.4. The van der Waals surface area contributed by atoms with E-state index in [0.717, 1.165) is 20.9 Å². The molecular weight excluding hydrogens is 633 g/mol. The van der Waals surface area contributed by atoms with Crippen LogP contribution in [0.1, 0.15) is 44.2 Å². The number of thioether (sulfide) groups is 2. The maximum atomic E-state index is 12.4. The third kappa shape index (κ3) is 9.69. The molecule has 0 amide bonds. The van der Waals surface area contributed by atoms with Gasteiger partial charge in [-0.2, -0.15) is 10.5 Å². The second kappa shape index (κ2) is 17.0. The molecule has 2 aromatic heterocycles. The lowest BCUT2D eigenvalue weighted by atomic mass is 10.1. The predicted molar refractivity (Wildman–Crippen MR) is 175 cm³/mol. The van der Waals surface area contributed by atoms with Gasteiger partial charge in [0.1, 0.15) is 35.1 Å². The zero-order valence-corrected chi connectivity index (χ0v) is 26.8. The monoisotopic (exact) mass is 662 g/mol. The van der Waals surface area contributed by atoms with Crippen LogP contribution in [0.25, 0.3) is 0 Å². The van der Waals surface area contributed by atoms with Crippen molar-refractivity contribution in [3.05, 3.63) is 104 Å². The van der Waals surface area contributed by atoms with E-state index < -0.39 is 24.0 Å². The van der Waals surface area contributed by atoms with Gasteiger partial charge < -0.3 is 20.9 Å². The van der Waals surface area contributed by atoms with Crippen LogP contribution in [0.3, 0.4) is 0 Å². The summed E-state index contributed by atoms with van der Waals surface area (Å²) in [6.07, 6.45) is 0.886. The van der Waals surface area contributed by atoms with Crippen molar-refractivity contribution in [1.29, 1.82) is 10.5 Å². The fourth-order valence-corrected chi connectivity index (χ4v) is 8.65. The molecule has 4 rings (SSSR count). The smallest absolute Gasteiger partial charge is 0.417 e. The highest BCUT2D eigenvalue weighted by Crippen LogP contribution is 2.42. The van der Waals surface area contributed by atoms with Crippen LogP contribution in [0.2, 0.25) is 0 Å². The Kier molecular flexibility index (Phi) is 12.9. The molecule has 2 heterocycles. The molecule has 4 aromatic rings.